The highest BCUT2D eigenvalue weighted by molar-refractivity contribution is 5.95. The van der Waals surface area contributed by atoms with E-state index in [1.54, 1.807) is 19.2 Å². The Labute approximate surface area is 125 Å². The third kappa shape index (κ3) is 4.44. The maximum Gasteiger partial charge on any atom is 0.293 e. The molecule has 1 aromatic carbocycles. The minimum absolute atomic E-state index is 0.0925. The van der Waals surface area contributed by atoms with Crippen LogP contribution in [-0.4, -0.2) is 24.4 Å². The lowest BCUT2D eigenvalue weighted by Crippen LogP contribution is -2.33. The number of benzene rings is 1. The lowest BCUT2D eigenvalue weighted by molar-refractivity contribution is -0.384. The van der Waals surface area contributed by atoms with Crippen molar-refractivity contribution < 1.29 is 9.72 Å². The van der Waals surface area contributed by atoms with Crippen LogP contribution in [0.1, 0.15) is 38.1 Å². The fourth-order valence-corrected chi connectivity index (χ4v) is 1.69. The van der Waals surface area contributed by atoms with Gasteiger partial charge in [0.15, 0.2) is 0 Å². The highest BCUT2D eigenvalue weighted by Crippen LogP contribution is 2.26. The molecule has 0 radical (unpaired) electrons. The molecule has 0 bridgehead atoms. The van der Waals surface area contributed by atoms with Crippen molar-refractivity contribution in [1.29, 1.82) is 0 Å². The van der Waals surface area contributed by atoms with Gasteiger partial charge in [0.05, 0.1) is 4.92 Å². The van der Waals surface area contributed by atoms with Gasteiger partial charge in [-0.3, -0.25) is 14.9 Å². The van der Waals surface area contributed by atoms with Crippen LogP contribution in [0.15, 0.2) is 18.2 Å². The molecular weight excluding hydrogens is 270 g/mol. The first-order chi connectivity index (χ1) is 9.66. The molecule has 0 spiro atoms. The molecular formula is C15H23N3O3. The molecule has 6 heteroatoms. The van der Waals surface area contributed by atoms with Crippen LogP contribution in [-0.2, 0) is 0 Å². The largest absolute Gasteiger partial charge is 0.383 e. The average Bonchev–Trinajstić information content (AvgIpc) is 2.42. The predicted octanol–water partition coefficient (Wildman–Crippen LogP) is 3.05. The van der Waals surface area contributed by atoms with Crippen LogP contribution >= 0.6 is 0 Å². The first-order valence-corrected chi connectivity index (χ1v) is 6.91. The molecule has 1 amide bonds. The molecule has 116 valence electrons. The number of carbonyl (C=O) groups is 1. The van der Waals surface area contributed by atoms with Gasteiger partial charge in [-0.05, 0) is 23.5 Å². The van der Waals surface area contributed by atoms with Crippen LogP contribution in [0.25, 0.3) is 0 Å². The van der Waals surface area contributed by atoms with E-state index in [4.69, 9.17) is 0 Å². The molecule has 21 heavy (non-hydrogen) atoms. The van der Waals surface area contributed by atoms with E-state index in [0.717, 1.165) is 0 Å². The van der Waals surface area contributed by atoms with Crippen LogP contribution < -0.4 is 10.6 Å². The molecule has 0 saturated heterocycles. The SMILES string of the molecule is CNc1ccc(C(=O)NCC(C)C(C)(C)C)cc1[N+](=O)[O-]. The van der Waals surface area contributed by atoms with Crippen LogP contribution in [0.5, 0.6) is 0 Å². The van der Waals surface area contributed by atoms with Crippen molar-refractivity contribution in [3.63, 3.8) is 0 Å². The van der Waals surface area contributed by atoms with Crippen molar-refractivity contribution in [1.82, 2.24) is 5.32 Å². The first-order valence-electron chi connectivity index (χ1n) is 6.91. The second kappa shape index (κ2) is 6.56. The topological polar surface area (TPSA) is 84.3 Å². The van der Waals surface area contributed by atoms with Gasteiger partial charge in [0.25, 0.3) is 11.6 Å². The highest BCUT2D eigenvalue weighted by atomic mass is 16.6. The van der Waals surface area contributed by atoms with E-state index in [0.29, 0.717) is 23.7 Å². The molecule has 1 unspecified atom stereocenters. The molecule has 0 aliphatic heterocycles. The summed E-state index contributed by atoms with van der Waals surface area (Å²) in [5.41, 5.74) is 0.672. The molecule has 0 aliphatic carbocycles. The number of nitrogens with one attached hydrogen (secondary N) is 2. The summed E-state index contributed by atoms with van der Waals surface area (Å²) >= 11 is 0. The minimum Gasteiger partial charge on any atom is -0.383 e. The summed E-state index contributed by atoms with van der Waals surface area (Å²) in [6.45, 7) is 8.92. The van der Waals surface area contributed by atoms with E-state index in [-0.39, 0.29) is 17.0 Å². The van der Waals surface area contributed by atoms with E-state index >= 15 is 0 Å². The van der Waals surface area contributed by atoms with E-state index in [9.17, 15) is 14.9 Å². The number of hydrogen-bond donors (Lipinski definition) is 2. The normalized spacial score (nSPS) is 12.6. The number of nitro benzene ring substituents is 1. The van der Waals surface area contributed by atoms with Gasteiger partial charge < -0.3 is 10.6 Å². The fraction of sp³-hybridized carbons (Fsp3) is 0.533. The van der Waals surface area contributed by atoms with Gasteiger partial charge in [-0.15, -0.1) is 0 Å². The van der Waals surface area contributed by atoms with Crippen LogP contribution in [0.2, 0.25) is 0 Å². The van der Waals surface area contributed by atoms with Gasteiger partial charge in [0.2, 0.25) is 0 Å². The van der Waals surface area contributed by atoms with E-state index in [1.165, 1.54) is 6.07 Å². The Hall–Kier alpha value is -2.11. The fourth-order valence-electron chi connectivity index (χ4n) is 1.69. The van der Waals surface area contributed by atoms with Gasteiger partial charge in [0.1, 0.15) is 5.69 Å². The van der Waals surface area contributed by atoms with Crippen LogP contribution in [0, 0.1) is 21.4 Å². The maximum atomic E-state index is 12.1. The number of carbonyl (C=O) groups excluding carboxylic acids is 1. The zero-order valence-corrected chi connectivity index (χ0v) is 13.2. The Morgan fingerprint density at radius 1 is 1.38 bits per heavy atom. The minimum atomic E-state index is -0.500. The quantitative estimate of drug-likeness (QED) is 0.645. The number of nitro groups is 1. The van der Waals surface area contributed by atoms with Crippen molar-refractivity contribution in [3.05, 3.63) is 33.9 Å². The molecule has 0 fully saturated rings. The van der Waals surface area contributed by atoms with Gasteiger partial charge in [-0.2, -0.15) is 0 Å². The molecule has 0 aliphatic rings. The summed E-state index contributed by atoms with van der Waals surface area (Å²) in [6.07, 6.45) is 0. The summed E-state index contributed by atoms with van der Waals surface area (Å²) in [4.78, 5) is 22.6. The average molecular weight is 293 g/mol. The van der Waals surface area contributed by atoms with Crippen molar-refractivity contribution in [2.45, 2.75) is 27.7 Å². The summed E-state index contributed by atoms with van der Waals surface area (Å²) in [7, 11) is 1.60. The molecule has 1 rings (SSSR count). The Kier molecular flexibility index (Phi) is 5.29. The monoisotopic (exact) mass is 293 g/mol. The smallest absolute Gasteiger partial charge is 0.293 e. The molecule has 0 heterocycles. The zero-order valence-electron chi connectivity index (χ0n) is 13.2. The molecule has 1 aromatic rings. The Bertz CT molecular complexity index is 535. The third-order valence-corrected chi connectivity index (χ3v) is 3.77. The second-order valence-electron chi connectivity index (χ2n) is 6.22. The van der Waals surface area contributed by atoms with Crippen molar-refractivity contribution in [3.8, 4) is 0 Å². The second-order valence-corrected chi connectivity index (χ2v) is 6.22. The van der Waals surface area contributed by atoms with E-state index < -0.39 is 4.92 Å². The zero-order chi connectivity index (χ0) is 16.2. The van der Waals surface area contributed by atoms with E-state index in [1.807, 2.05) is 0 Å². The number of nitrogens with zero attached hydrogens (tertiary/aromatic N) is 1. The number of rotatable bonds is 5. The predicted molar refractivity (Wildman–Crippen MR) is 83.6 cm³/mol. The van der Waals surface area contributed by atoms with Gasteiger partial charge in [-0.25, -0.2) is 0 Å². The summed E-state index contributed by atoms with van der Waals surface area (Å²) in [6, 6.07) is 4.42. The third-order valence-electron chi connectivity index (χ3n) is 3.77. The molecule has 0 aromatic heterocycles. The van der Waals surface area contributed by atoms with Crippen molar-refractivity contribution >= 4 is 17.3 Å². The van der Waals surface area contributed by atoms with Gasteiger partial charge in [-0.1, -0.05) is 27.7 Å². The molecule has 1 atom stereocenters. The molecule has 2 N–H and O–H groups in total. The highest BCUT2D eigenvalue weighted by Gasteiger charge is 2.21. The Balaban J connectivity index is 2.84. The summed E-state index contributed by atoms with van der Waals surface area (Å²) in [5.74, 6) is 0.00451. The van der Waals surface area contributed by atoms with Crippen LogP contribution in [0.3, 0.4) is 0 Å². The van der Waals surface area contributed by atoms with Crippen LogP contribution in [0.4, 0.5) is 11.4 Å². The van der Waals surface area contributed by atoms with Gasteiger partial charge in [0, 0.05) is 25.2 Å². The lowest BCUT2D eigenvalue weighted by Gasteiger charge is -2.27. The lowest BCUT2D eigenvalue weighted by atomic mass is 9.82. The van der Waals surface area contributed by atoms with E-state index in [2.05, 4.69) is 38.3 Å². The number of hydrogen-bond acceptors (Lipinski definition) is 4. The van der Waals surface area contributed by atoms with Crippen molar-refractivity contribution in [2.24, 2.45) is 11.3 Å². The first kappa shape index (κ1) is 16.9. The summed E-state index contributed by atoms with van der Waals surface area (Å²) in [5, 5.41) is 16.6. The standard InChI is InChI=1S/C15H23N3O3/c1-10(15(2,3)4)9-17-14(19)11-6-7-12(16-5)13(8-11)18(20)21/h6-8,10,16H,9H2,1-5H3,(H,17,19). The molecule has 6 nitrogen and oxygen atoms in total. The van der Waals surface area contributed by atoms with Gasteiger partial charge >= 0.3 is 0 Å². The Morgan fingerprint density at radius 2 is 2.00 bits per heavy atom. The van der Waals surface area contributed by atoms with Crippen molar-refractivity contribution in [2.75, 3.05) is 18.9 Å². The molecule has 0 saturated carbocycles. The summed E-state index contributed by atoms with van der Waals surface area (Å²) < 4.78 is 0. The maximum absolute atomic E-state index is 12.1. The Morgan fingerprint density at radius 3 is 2.48 bits per heavy atom. The number of anilines is 1. The number of amides is 1.